The third kappa shape index (κ3) is 3.40. The van der Waals surface area contributed by atoms with Crippen LogP contribution in [0.4, 0.5) is 0 Å². The van der Waals surface area contributed by atoms with Gasteiger partial charge in [-0.25, -0.2) is 0 Å². The molecule has 1 saturated carbocycles. The Balaban J connectivity index is 2.04. The molecule has 0 aromatic carbocycles. The zero-order chi connectivity index (χ0) is 13.7. The zero-order valence-electron chi connectivity index (χ0n) is 12.4. The van der Waals surface area contributed by atoms with Gasteiger partial charge >= 0.3 is 0 Å². The lowest BCUT2D eigenvalue weighted by Gasteiger charge is -2.40. The van der Waals surface area contributed by atoms with Crippen LogP contribution in [0, 0.1) is 5.92 Å². The Hall–Kier alpha value is -0.800. The molecular weight excluding hydrogens is 236 g/mol. The molecule has 0 aliphatic heterocycles. The summed E-state index contributed by atoms with van der Waals surface area (Å²) in [5.74, 6) is 1.93. The summed E-state index contributed by atoms with van der Waals surface area (Å²) in [5.41, 5.74) is 6.32. The van der Waals surface area contributed by atoms with Crippen molar-refractivity contribution >= 4 is 0 Å². The van der Waals surface area contributed by atoms with Crippen LogP contribution < -0.4 is 5.73 Å². The van der Waals surface area contributed by atoms with Crippen LogP contribution in [0.15, 0.2) is 22.8 Å². The molecule has 2 N–H and O–H groups in total. The fourth-order valence-corrected chi connectivity index (χ4v) is 3.42. The van der Waals surface area contributed by atoms with Crippen LogP contribution >= 0.6 is 0 Å². The molecule has 19 heavy (non-hydrogen) atoms. The van der Waals surface area contributed by atoms with E-state index in [0.29, 0.717) is 0 Å². The van der Waals surface area contributed by atoms with Crippen LogP contribution in [-0.2, 0) is 6.54 Å². The Labute approximate surface area is 117 Å². The second-order valence-electron chi connectivity index (χ2n) is 6.07. The molecule has 108 valence electrons. The highest BCUT2D eigenvalue weighted by Crippen LogP contribution is 2.35. The lowest BCUT2D eigenvalue weighted by molar-refractivity contribution is 0.0910. The van der Waals surface area contributed by atoms with Crippen molar-refractivity contribution in [1.29, 1.82) is 0 Å². The summed E-state index contributed by atoms with van der Waals surface area (Å²) in [5, 5.41) is 0. The van der Waals surface area contributed by atoms with Gasteiger partial charge in [0.05, 0.1) is 12.8 Å². The summed E-state index contributed by atoms with van der Waals surface area (Å²) in [6, 6.07) is 4.00. The first-order valence-corrected chi connectivity index (χ1v) is 7.64. The first-order chi connectivity index (χ1) is 9.20. The molecule has 1 aliphatic rings. The van der Waals surface area contributed by atoms with E-state index in [4.69, 9.17) is 10.2 Å². The number of furan rings is 1. The second kappa shape index (κ2) is 6.58. The summed E-state index contributed by atoms with van der Waals surface area (Å²) in [6.07, 6.45) is 9.48. The Kier molecular flexibility index (Phi) is 5.06. The molecule has 0 spiro atoms. The topological polar surface area (TPSA) is 42.4 Å². The minimum absolute atomic E-state index is 0.163. The van der Waals surface area contributed by atoms with Gasteiger partial charge in [0.1, 0.15) is 5.76 Å². The Bertz CT molecular complexity index is 363. The van der Waals surface area contributed by atoms with Gasteiger partial charge < -0.3 is 10.2 Å². The van der Waals surface area contributed by atoms with Crippen LogP contribution in [0.3, 0.4) is 0 Å². The van der Waals surface area contributed by atoms with Gasteiger partial charge in [0, 0.05) is 12.1 Å². The van der Waals surface area contributed by atoms with Gasteiger partial charge in [0.15, 0.2) is 0 Å². The molecule has 0 radical (unpaired) electrons. The van der Waals surface area contributed by atoms with Gasteiger partial charge in [-0.3, -0.25) is 4.90 Å². The molecule has 2 rings (SSSR count). The molecule has 3 heteroatoms. The second-order valence-corrected chi connectivity index (χ2v) is 6.07. The summed E-state index contributed by atoms with van der Waals surface area (Å²) < 4.78 is 5.48. The highest BCUT2D eigenvalue weighted by atomic mass is 16.3. The van der Waals surface area contributed by atoms with Crippen molar-refractivity contribution in [3.8, 4) is 0 Å². The van der Waals surface area contributed by atoms with Crippen molar-refractivity contribution in [2.45, 2.75) is 57.5 Å². The van der Waals surface area contributed by atoms with E-state index < -0.39 is 0 Å². The van der Waals surface area contributed by atoms with Gasteiger partial charge in [0.2, 0.25) is 0 Å². The molecule has 2 unspecified atom stereocenters. The average Bonchev–Trinajstić information content (AvgIpc) is 2.83. The van der Waals surface area contributed by atoms with Crippen molar-refractivity contribution in [3.05, 3.63) is 24.2 Å². The van der Waals surface area contributed by atoms with Crippen molar-refractivity contribution in [1.82, 2.24) is 4.90 Å². The van der Waals surface area contributed by atoms with E-state index in [9.17, 15) is 0 Å². The molecule has 1 fully saturated rings. The van der Waals surface area contributed by atoms with Gasteiger partial charge in [-0.15, -0.1) is 0 Å². The molecule has 0 amide bonds. The monoisotopic (exact) mass is 264 g/mol. The van der Waals surface area contributed by atoms with Crippen LogP contribution in [0.25, 0.3) is 0 Å². The maximum atomic E-state index is 6.15. The highest BCUT2D eigenvalue weighted by Gasteiger charge is 2.35. The fourth-order valence-electron chi connectivity index (χ4n) is 3.42. The maximum Gasteiger partial charge on any atom is 0.117 e. The van der Waals surface area contributed by atoms with E-state index >= 15 is 0 Å². The van der Waals surface area contributed by atoms with Crippen molar-refractivity contribution in [2.24, 2.45) is 11.7 Å². The van der Waals surface area contributed by atoms with E-state index in [1.54, 1.807) is 6.26 Å². The smallest absolute Gasteiger partial charge is 0.117 e. The number of hydrogen-bond donors (Lipinski definition) is 1. The molecular formula is C16H28N2O. The summed E-state index contributed by atoms with van der Waals surface area (Å²) in [4.78, 5) is 2.42. The number of hydrogen-bond acceptors (Lipinski definition) is 3. The van der Waals surface area contributed by atoms with E-state index in [-0.39, 0.29) is 5.54 Å². The van der Waals surface area contributed by atoms with Crippen molar-refractivity contribution in [2.75, 3.05) is 13.6 Å². The first-order valence-electron chi connectivity index (χ1n) is 7.64. The molecule has 3 nitrogen and oxygen atoms in total. The molecule has 1 aliphatic carbocycles. The first kappa shape index (κ1) is 14.6. The van der Waals surface area contributed by atoms with Crippen LogP contribution in [0.1, 0.15) is 51.2 Å². The maximum absolute atomic E-state index is 6.15. The van der Waals surface area contributed by atoms with Crippen molar-refractivity contribution in [3.63, 3.8) is 0 Å². The highest BCUT2D eigenvalue weighted by molar-refractivity contribution is 5.01. The van der Waals surface area contributed by atoms with Gasteiger partial charge in [0.25, 0.3) is 0 Å². The van der Waals surface area contributed by atoms with Gasteiger partial charge in [-0.05, 0) is 44.4 Å². The third-order valence-corrected chi connectivity index (χ3v) is 5.01. The Morgan fingerprint density at radius 2 is 2.26 bits per heavy atom. The average molecular weight is 264 g/mol. The Morgan fingerprint density at radius 3 is 2.89 bits per heavy atom. The largest absolute Gasteiger partial charge is 0.468 e. The SMILES string of the molecule is CCC1CCCC(CN)(N(C)Cc2ccco2)CC1. The standard InChI is InChI=1S/C16H28N2O/c1-3-14-6-4-9-16(13-17,10-8-14)18(2)12-15-7-5-11-19-15/h5,7,11,14H,3-4,6,8-10,12-13,17H2,1-2H3. The Morgan fingerprint density at radius 1 is 1.42 bits per heavy atom. The van der Waals surface area contributed by atoms with Gasteiger partial charge in [-0.1, -0.05) is 26.2 Å². The summed E-state index contributed by atoms with van der Waals surface area (Å²) >= 11 is 0. The quantitative estimate of drug-likeness (QED) is 0.829. The zero-order valence-corrected chi connectivity index (χ0v) is 12.4. The fraction of sp³-hybridized carbons (Fsp3) is 0.750. The number of nitrogens with zero attached hydrogens (tertiary/aromatic N) is 1. The van der Waals surface area contributed by atoms with Crippen molar-refractivity contribution < 1.29 is 4.42 Å². The van der Waals surface area contributed by atoms with E-state index in [1.165, 1.54) is 38.5 Å². The predicted molar refractivity (Wildman–Crippen MR) is 78.8 cm³/mol. The summed E-state index contributed by atoms with van der Waals surface area (Å²) in [7, 11) is 2.20. The predicted octanol–water partition coefficient (Wildman–Crippen LogP) is 3.40. The minimum atomic E-state index is 0.163. The molecule has 1 heterocycles. The minimum Gasteiger partial charge on any atom is -0.468 e. The molecule has 1 aromatic rings. The molecule has 0 bridgehead atoms. The van der Waals surface area contributed by atoms with Crippen LogP contribution in [0.5, 0.6) is 0 Å². The van der Waals surface area contributed by atoms with Crippen LogP contribution in [0.2, 0.25) is 0 Å². The third-order valence-electron chi connectivity index (χ3n) is 5.01. The number of nitrogens with two attached hydrogens (primary N) is 1. The number of rotatable bonds is 5. The van der Waals surface area contributed by atoms with E-state index in [0.717, 1.165) is 24.8 Å². The lowest BCUT2D eigenvalue weighted by Crippen LogP contribution is -2.51. The molecule has 0 saturated heterocycles. The van der Waals surface area contributed by atoms with E-state index in [1.807, 2.05) is 12.1 Å². The molecule has 2 atom stereocenters. The van der Waals surface area contributed by atoms with Gasteiger partial charge in [-0.2, -0.15) is 0 Å². The van der Waals surface area contributed by atoms with E-state index in [2.05, 4.69) is 18.9 Å². The normalized spacial score (nSPS) is 28.5. The van der Waals surface area contributed by atoms with Crippen LogP contribution in [-0.4, -0.2) is 24.0 Å². The lowest BCUT2D eigenvalue weighted by atomic mass is 9.87. The molecule has 1 aromatic heterocycles. The number of likely N-dealkylation sites (N-methyl/N-ethyl adjacent to an activating group) is 1. The summed E-state index contributed by atoms with van der Waals surface area (Å²) in [6.45, 7) is 3.92.